The molecule has 0 amide bonds. The van der Waals surface area contributed by atoms with Gasteiger partial charge in [-0.05, 0) is 55.0 Å². The molecule has 0 saturated carbocycles. The Bertz CT molecular complexity index is 849. The van der Waals surface area contributed by atoms with Crippen molar-refractivity contribution in [2.75, 3.05) is 18.9 Å². The lowest BCUT2D eigenvalue weighted by Gasteiger charge is -2.08. The van der Waals surface area contributed by atoms with Gasteiger partial charge in [0.1, 0.15) is 0 Å². The van der Waals surface area contributed by atoms with Crippen LogP contribution in [0.1, 0.15) is 30.0 Å². The third kappa shape index (κ3) is 8.42. The monoisotopic (exact) mass is 423 g/mol. The largest absolute Gasteiger partial charge is 0.466 e. The summed E-state index contributed by atoms with van der Waals surface area (Å²) in [7, 11) is -3.33. The van der Waals surface area contributed by atoms with Gasteiger partial charge in [-0.1, -0.05) is 48.0 Å². The fourth-order valence-electron chi connectivity index (χ4n) is 2.68. The molecule has 0 saturated heterocycles. The molecule has 2 aromatic rings. The van der Waals surface area contributed by atoms with E-state index in [-0.39, 0.29) is 11.7 Å². The average molecular weight is 424 g/mol. The molecule has 0 aromatic heterocycles. The molecule has 0 aliphatic carbocycles. The third-order valence-corrected chi connectivity index (χ3v) is 5.89. The van der Waals surface area contributed by atoms with Gasteiger partial charge in [-0.2, -0.15) is 0 Å². The first-order valence-electron chi connectivity index (χ1n) is 9.33. The summed E-state index contributed by atoms with van der Waals surface area (Å²) in [6.45, 7) is 2.54. The Kier molecular flexibility index (Phi) is 8.96. The highest BCUT2D eigenvalue weighted by Gasteiger charge is 2.10. The summed E-state index contributed by atoms with van der Waals surface area (Å²) in [6, 6.07) is 15.0. The summed E-state index contributed by atoms with van der Waals surface area (Å²) in [4.78, 5) is 11.4. The molecular formula is C21H26ClNO4S. The number of halogens is 1. The number of carbonyl (C=O) groups excluding carboxylic acids is 1. The summed E-state index contributed by atoms with van der Waals surface area (Å²) in [5, 5.41) is 0.636. The zero-order chi connectivity index (χ0) is 20.4. The molecule has 0 unspecified atom stereocenters. The first-order valence-corrected chi connectivity index (χ1v) is 11.4. The lowest BCUT2D eigenvalue weighted by molar-refractivity contribution is -0.143. The molecule has 0 bridgehead atoms. The number of sulfonamides is 1. The molecule has 0 heterocycles. The molecule has 0 atom stereocenters. The van der Waals surface area contributed by atoms with Crippen LogP contribution >= 0.6 is 11.6 Å². The van der Waals surface area contributed by atoms with Gasteiger partial charge in [-0.25, -0.2) is 13.1 Å². The van der Waals surface area contributed by atoms with Gasteiger partial charge in [0, 0.05) is 18.0 Å². The Labute approximate surface area is 172 Å². The van der Waals surface area contributed by atoms with Gasteiger partial charge in [0.15, 0.2) is 0 Å². The number of esters is 1. The highest BCUT2D eigenvalue weighted by Crippen LogP contribution is 2.11. The second kappa shape index (κ2) is 11.2. The van der Waals surface area contributed by atoms with Crippen LogP contribution in [-0.2, 0) is 38.8 Å². The number of rotatable bonds is 11. The number of ether oxygens (including phenoxy) is 1. The van der Waals surface area contributed by atoms with Crippen molar-refractivity contribution in [1.82, 2.24) is 4.72 Å². The molecule has 0 aliphatic rings. The van der Waals surface area contributed by atoms with Crippen LogP contribution in [-0.4, -0.2) is 33.3 Å². The van der Waals surface area contributed by atoms with Gasteiger partial charge >= 0.3 is 5.97 Å². The van der Waals surface area contributed by atoms with Gasteiger partial charge in [0.05, 0.1) is 12.4 Å². The quantitative estimate of drug-likeness (QED) is 0.561. The van der Waals surface area contributed by atoms with Crippen molar-refractivity contribution in [2.45, 2.75) is 32.6 Å². The van der Waals surface area contributed by atoms with E-state index in [9.17, 15) is 13.2 Å². The average Bonchev–Trinajstić information content (AvgIpc) is 2.67. The second-order valence-electron chi connectivity index (χ2n) is 6.46. The molecule has 152 valence electrons. The van der Waals surface area contributed by atoms with Crippen LogP contribution in [0.5, 0.6) is 0 Å². The van der Waals surface area contributed by atoms with Crippen molar-refractivity contribution in [2.24, 2.45) is 0 Å². The predicted molar refractivity (Wildman–Crippen MR) is 112 cm³/mol. The Morgan fingerprint density at radius 1 is 0.929 bits per heavy atom. The van der Waals surface area contributed by atoms with Crippen LogP contribution in [0.4, 0.5) is 0 Å². The first-order chi connectivity index (χ1) is 13.4. The van der Waals surface area contributed by atoms with Crippen molar-refractivity contribution in [3.8, 4) is 0 Å². The molecule has 28 heavy (non-hydrogen) atoms. The summed E-state index contributed by atoms with van der Waals surface area (Å²) in [5.41, 5.74) is 3.04. The Hall–Kier alpha value is -1.89. The van der Waals surface area contributed by atoms with Crippen LogP contribution < -0.4 is 4.72 Å². The molecular weight excluding hydrogens is 398 g/mol. The fraction of sp³-hybridized carbons (Fsp3) is 0.381. The van der Waals surface area contributed by atoms with E-state index in [2.05, 4.69) is 4.72 Å². The van der Waals surface area contributed by atoms with Crippen molar-refractivity contribution < 1.29 is 17.9 Å². The molecule has 0 radical (unpaired) electrons. The van der Waals surface area contributed by atoms with Gasteiger partial charge < -0.3 is 4.74 Å². The molecule has 2 rings (SSSR count). The zero-order valence-electron chi connectivity index (χ0n) is 16.0. The van der Waals surface area contributed by atoms with E-state index in [1.807, 2.05) is 36.4 Å². The molecule has 5 nitrogen and oxygen atoms in total. The van der Waals surface area contributed by atoms with Gasteiger partial charge in [-0.15, -0.1) is 0 Å². The smallest absolute Gasteiger partial charge is 0.306 e. The third-order valence-electron chi connectivity index (χ3n) is 4.25. The normalized spacial score (nSPS) is 11.4. The maximum atomic E-state index is 12.1. The minimum atomic E-state index is -3.33. The van der Waals surface area contributed by atoms with E-state index in [1.54, 1.807) is 19.1 Å². The molecule has 0 aliphatic heterocycles. The number of hydrogen-bond donors (Lipinski definition) is 1. The van der Waals surface area contributed by atoms with Crippen LogP contribution in [0, 0.1) is 0 Å². The van der Waals surface area contributed by atoms with Crippen molar-refractivity contribution >= 4 is 27.6 Å². The highest BCUT2D eigenvalue weighted by molar-refractivity contribution is 7.89. The highest BCUT2D eigenvalue weighted by atomic mass is 35.5. The minimum Gasteiger partial charge on any atom is -0.466 e. The van der Waals surface area contributed by atoms with Gasteiger partial charge in [0.2, 0.25) is 10.0 Å². The maximum absolute atomic E-state index is 12.1. The number of aryl methyl sites for hydroxylation is 2. The van der Waals surface area contributed by atoms with E-state index in [4.69, 9.17) is 16.3 Å². The van der Waals surface area contributed by atoms with E-state index < -0.39 is 10.0 Å². The van der Waals surface area contributed by atoms with Gasteiger partial charge in [0.25, 0.3) is 0 Å². The number of benzene rings is 2. The second-order valence-corrected chi connectivity index (χ2v) is 8.82. The summed E-state index contributed by atoms with van der Waals surface area (Å²) >= 11 is 5.83. The van der Waals surface area contributed by atoms with Crippen LogP contribution in [0.15, 0.2) is 48.5 Å². The minimum absolute atomic E-state index is 0.0431. The van der Waals surface area contributed by atoms with Crippen LogP contribution in [0.25, 0.3) is 0 Å². The van der Waals surface area contributed by atoms with Crippen molar-refractivity contribution in [1.29, 1.82) is 0 Å². The lowest BCUT2D eigenvalue weighted by Crippen LogP contribution is -2.29. The van der Waals surface area contributed by atoms with Crippen molar-refractivity contribution in [3.05, 3.63) is 70.2 Å². The molecule has 1 N–H and O–H groups in total. The molecule has 0 spiro atoms. The first kappa shape index (κ1) is 22.4. The summed E-state index contributed by atoms with van der Waals surface area (Å²) in [5.74, 6) is -0.152. The van der Waals surface area contributed by atoms with E-state index in [1.165, 1.54) is 0 Å². The summed E-state index contributed by atoms with van der Waals surface area (Å²) < 4.78 is 31.8. The fourth-order valence-corrected chi connectivity index (χ4v) is 3.87. The van der Waals surface area contributed by atoms with E-state index >= 15 is 0 Å². The lowest BCUT2D eigenvalue weighted by atomic mass is 10.1. The topological polar surface area (TPSA) is 72.5 Å². The van der Waals surface area contributed by atoms with Crippen LogP contribution in [0.2, 0.25) is 5.02 Å². The SMILES string of the molecule is CCOC(=O)CCc1ccc(CCNS(=O)(=O)CCc2ccc(Cl)cc2)cc1. The Balaban J connectivity index is 1.72. The number of nitrogens with one attached hydrogen (secondary N) is 1. The van der Waals surface area contributed by atoms with Crippen molar-refractivity contribution in [3.63, 3.8) is 0 Å². The van der Waals surface area contributed by atoms with E-state index in [0.717, 1.165) is 16.7 Å². The number of carbonyl (C=O) groups is 1. The Morgan fingerprint density at radius 2 is 1.46 bits per heavy atom. The molecule has 0 fully saturated rings. The maximum Gasteiger partial charge on any atom is 0.306 e. The zero-order valence-corrected chi connectivity index (χ0v) is 17.6. The molecule has 7 heteroatoms. The molecule has 2 aromatic carbocycles. The standard InChI is InChI=1S/C21H26ClNO4S/c1-2-27-21(24)12-9-17-3-5-18(6-4-17)13-15-23-28(25,26)16-14-19-7-10-20(22)11-8-19/h3-8,10-11,23H,2,9,12-16H2,1H3. The van der Waals surface area contributed by atoms with E-state index in [0.29, 0.717) is 43.9 Å². The number of hydrogen-bond acceptors (Lipinski definition) is 4. The summed E-state index contributed by atoms with van der Waals surface area (Å²) in [6.07, 6.45) is 2.05. The van der Waals surface area contributed by atoms with Crippen LogP contribution in [0.3, 0.4) is 0 Å². The predicted octanol–water partition coefficient (Wildman–Crippen LogP) is 3.54. The Morgan fingerprint density at radius 3 is 2.07 bits per heavy atom. The van der Waals surface area contributed by atoms with Gasteiger partial charge in [-0.3, -0.25) is 4.79 Å².